The highest BCUT2D eigenvalue weighted by atomic mass is 19.1. The quantitative estimate of drug-likeness (QED) is 0.696. The molecule has 2 aromatic rings. The van der Waals surface area contributed by atoms with E-state index >= 15 is 0 Å². The smallest absolute Gasteiger partial charge is 0.232 e. The first-order valence-electron chi connectivity index (χ1n) is 6.60. The van der Waals surface area contributed by atoms with Crippen LogP contribution in [0.2, 0.25) is 0 Å². The third-order valence-electron chi connectivity index (χ3n) is 3.14. The predicted molar refractivity (Wildman–Crippen MR) is 76.5 cm³/mol. The van der Waals surface area contributed by atoms with Gasteiger partial charge >= 0.3 is 0 Å². The van der Waals surface area contributed by atoms with Crippen LogP contribution >= 0.6 is 0 Å². The van der Waals surface area contributed by atoms with Crippen LogP contribution in [0, 0.1) is 5.82 Å². The lowest BCUT2D eigenvalue weighted by Crippen LogP contribution is -2.16. The van der Waals surface area contributed by atoms with E-state index in [0.717, 1.165) is 0 Å². The van der Waals surface area contributed by atoms with Crippen molar-refractivity contribution < 1.29 is 23.5 Å². The fraction of sp³-hybridized carbons (Fsp3) is 0.125. The van der Waals surface area contributed by atoms with Crippen molar-refractivity contribution in [2.75, 3.05) is 12.1 Å². The van der Waals surface area contributed by atoms with Crippen molar-refractivity contribution in [2.24, 2.45) is 0 Å². The van der Waals surface area contributed by atoms with E-state index in [1.54, 1.807) is 18.2 Å². The molecule has 0 spiro atoms. The second-order valence-electron chi connectivity index (χ2n) is 4.72. The number of ketones is 1. The number of carbonyl (C=O) groups excluding carboxylic acids is 2. The molecule has 1 N–H and O–H groups in total. The summed E-state index contributed by atoms with van der Waals surface area (Å²) < 4.78 is 23.2. The van der Waals surface area contributed by atoms with Crippen molar-refractivity contribution in [1.29, 1.82) is 0 Å². The summed E-state index contributed by atoms with van der Waals surface area (Å²) in [5, 5.41) is 2.61. The van der Waals surface area contributed by atoms with Crippen LogP contribution in [0.15, 0.2) is 42.5 Å². The number of halogens is 1. The molecule has 1 aliphatic rings. The molecule has 112 valence electrons. The van der Waals surface area contributed by atoms with Gasteiger partial charge in [0.2, 0.25) is 12.7 Å². The SMILES string of the molecule is O=C(CC(=O)c1ccc(F)cc1)Nc1ccc2c(c1)OCO2. The zero-order chi connectivity index (χ0) is 15.5. The van der Waals surface area contributed by atoms with Crippen LogP contribution in [0.25, 0.3) is 0 Å². The molecule has 0 atom stereocenters. The fourth-order valence-electron chi connectivity index (χ4n) is 2.06. The molecule has 0 bridgehead atoms. The number of anilines is 1. The number of benzene rings is 2. The van der Waals surface area contributed by atoms with Gasteiger partial charge in [0.1, 0.15) is 5.82 Å². The molecular weight excluding hydrogens is 289 g/mol. The molecule has 0 saturated carbocycles. The second-order valence-corrected chi connectivity index (χ2v) is 4.72. The van der Waals surface area contributed by atoms with Crippen LogP contribution in [-0.4, -0.2) is 18.5 Å². The molecule has 1 heterocycles. The lowest BCUT2D eigenvalue weighted by atomic mass is 10.1. The number of hydrogen-bond donors (Lipinski definition) is 1. The van der Waals surface area contributed by atoms with E-state index in [9.17, 15) is 14.0 Å². The van der Waals surface area contributed by atoms with Gasteiger partial charge in [0.05, 0.1) is 6.42 Å². The number of carbonyl (C=O) groups is 2. The van der Waals surface area contributed by atoms with Crippen molar-refractivity contribution in [3.8, 4) is 11.5 Å². The number of ether oxygens (including phenoxy) is 2. The summed E-state index contributed by atoms with van der Waals surface area (Å²) in [7, 11) is 0. The van der Waals surface area contributed by atoms with Gasteiger partial charge in [-0.15, -0.1) is 0 Å². The first kappa shape index (κ1) is 14.1. The molecule has 0 radical (unpaired) electrons. The largest absolute Gasteiger partial charge is 0.454 e. The number of fused-ring (bicyclic) bond motifs is 1. The molecule has 0 saturated heterocycles. The van der Waals surface area contributed by atoms with Crippen LogP contribution in [0.4, 0.5) is 10.1 Å². The van der Waals surface area contributed by atoms with Gasteiger partial charge in [-0.1, -0.05) is 0 Å². The summed E-state index contributed by atoms with van der Waals surface area (Å²) in [6.45, 7) is 0.149. The Labute approximate surface area is 125 Å². The topological polar surface area (TPSA) is 64.6 Å². The summed E-state index contributed by atoms with van der Waals surface area (Å²) in [6.07, 6.45) is -0.319. The Hall–Kier alpha value is -2.89. The number of Topliss-reactive ketones (excluding diaryl/α,β-unsaturated/α-hetero) is 1. The average molecular weight is 301 g/mol. The molecule has 22 heavy (non-hydrogen) atoms. The molecule has 6 heteroatoms. The van der Waals surface area contributed by atoms with E-state index in [4.69, 9.17) is 9.47 Å². The maximum Gasteiger partial charge on any atom is 0.232 e. The molecule has 0 aliphatic carbocycles. The summed E-state index contributed by atoms with van der Waals surface area (Å²) in [5.74, 6) is -0.101. The Kier molecular flexibility index (Phi) is 3.74. The lowest BCUT2D eigenvalue weighted by molar-refractivity contribution is -0.115. The summed E-state index contributed by atoms with van der Waals surface area (Å²) >= 11 is 0. The van der Waals surface area contributed by atoms with Crippen molar-refractivity contribution in [3.05, 3.63) is 53.8 Å². The number of nitrogens with one attached hydrogen (secondary N) is 1. The van der Waals surface area contributed by atoms with Gasteiger partial charge in [-0.2, -0.15) is 0 Å². The highest BCUT2D eigenvalue weighted by Crippen LogP contribution is 2.34. The minimum absolute atomic E-state index is 0.149. The van der Waals surface area contributed by atoms with E-state index in [1.165, 1.54) is 24.3 Å². The predicted octanol–water partition coefficient (Wildman–Crippen LogP) is 2.77. The Bertz CT molecular complexity index is 727. The van der Waals surface area contributed by atoms with Crippen LogP contribution in [0.5, 0.6) is 11.5 Å². The molecule has 3 rings (SSSR count). The second kappa shape index (κ2) is 5.85. The standard InChI is InChI=1S/C16H12FNO4/c17-11-3-1-10(2-4-11)13(19)8-16(20)18-12-5-6-14-15(7-12)22-9-21-14/h1-7H,8-9H2,(H,18,20). The highest BCUT2D eigenvalue weighted by Gasteiger charge is 2.16. The summed E-state index contributed by atoms with van der Waals surface area (Å²) in [4.78, 5) is 23.8. The van der Waals surface area contributed by atoms with Gasteiger partial charge in [0.25, 0.3) is 0 Å². The van der Waals surface area contributed by atoms with Crippen molar-refractivity contribution in [3.63, 3.8) is 0 Å². The monoisotopic (exact) mass is 301 g/mol. The zero-order valence-corrected chi connectivity index (χ0v) is 11.5. The lowest BCUT2D eigenvalue weighted by Gasteiger charge is -2.06. The van der Waals surface area contributed by atoms with Crippen molar-refractivity contribution in [1.82, 2.24) is 0 Å². The maximum absolute atomic E-state index is 12.8. The van der Waals surface area contributed by atoms with E-state index in [0.29, 0.717) is 22.7 Å². The van der Waals surface area contributed by atoms with Crippen LogP contribution < -0.4 is 14.8 Å². The molecule has 0 aromatic heterocycles. The Morgan fingerprint density at radius 3 is 2.55 bits per heavy atom. The number of amides is 1. The number of hydrogen-bond acceptors (Lipinski definition) is 4. The van der Waals surface area contributed by atoms with E-state index < -0.39 is 11.7 Å². The normalized spacial score (nSPS) is 12.0. The summed E-state index contributed by atoms with van der Waals surface area (Å²) in [5.41, 5.74) is 0.809. The van der Waals surface area contributed by atoms with Gasteiger partial charge in [0, 0.05) is 17.3 Å². The van der Waals surface area contributed by atoms with Gasteiger partial charge in [-0.3, -0.25) is 9.59 Å². The third kappa shape index (κ3) is 3.06. The first-order chi connectivity index (χ1) is 10.6. The van der Waals surface area contributed by atoms with Gasteiger partial charge < -0.3 is 14.8 Å². The highest BCUT2D eigenvalue weighted by molar-refractivity contribution is 6.11. The average Bonchev–Trinajstić information content (AvgIpc) is 2.95. The van der Waals surface area contributed by atoms with Crippen LogP contribution in [0.3, 0.4) is 0 Å². The zero-order valence-electron chi connectivity index (χ0n) is 11.5. The fourth-order valence-corrected chi connectivity index (χ4v) is 2.06. The third-order valence-corrected chi connectivity index (χ3v) is 3.14. The summed E-state index contributed by atoms with van der Waals surface area (Å²) in [6, 6.07) is 10.0. The van der Waals surface area contributed by atoms with E-state index in [2.05, 4.69) is 5.32 Å². The van der Waals surface area contributed by atoms with Crippen molar-refractivity contribution in [2.45, 2.75) is 6.42 Å². The van der Waals surface area contributed by atoms with Gasteiger partial charge in [-0.25, -0.2) is 4.39 Å². The van der Waals surface area contributed by atoms with E-state index in [1.807, 2.05) is 0 Å². The van der Waals surface area contributed by atoms with E-state index in [-0.39, 0.29) is 19.0 Å². The number of rotatable bonds is 4. The molecular formula is C16H12FNO4. The molecule has 1 aliphatic heterocycles. The maximum atomic E-state index is 12.8. The Balaban J connectivity index is 1.62. The van der Waals surface area contributed by atoms with Crippen LogP contribution in [-0.2, 0) is 4.79 Å². The minimum Gasteiger partial charge on any atom is -0.454 e. The molecule has 5 nitrogen and oxygen atoms in total. The van der Waals surface area contributed by atoms with Gasteiger partial charge in [0.15, 0.2) is 17.3 Å². The van der Waals surface area contributed by atoms with Crippen LogP contribution in [0.1, 0.15) is 16.8 Å². The van der Waals surface area contributed by atoms with Gasteiger partial charge in [-0.05, 0) is 36.4 Å². The van der Waals surface area contributed by atoms with Crippen molar-refractivity contribution >= 4 is 17.4 Å². The molecule has 2 aromatic carbocycles. The Morgan fingerprint density at radius 2 is 1.77 bits per heavy atom. The molecule has 1 amide bonds. The minimum atomic E-state index is -0.451. The first-order valence-corrected chi connectivity index (χ1v) is 6.60. The molecule has 0 unspecified atom stereocenters. The molecule has 0 fully saturated rings. The Morgan fingerprint density at radius 1 is 1.05 bits per heavy atom.